The van der Waals surface area contributed by atoms with Gasteiger partial charge in [-0.3, -0.25) is 4.79 Å². The van der Waals surface area contributed by atoms with Gasteiger partial charge in [0.25, 0.3) is 0 Å². The van der Waals surface area contributed by atoms with Crippen molar-refractivity contribution >= 4 is 5.78 Å². The van der Waals surface area contributed by atoms with E-state index in [9.17, 15) is 4.79 Å². The van der Waals surface area contributed by atoms with E-state index in [0.717, 1.165) is 19.3 Å². The minimum absolute atomic E-state index is 0.269. The Morgan fingerprint density at radius 3 is 2.62 bits per heavy atom. The average molecular weight is 178 g/mol. The summed E-state index contributed by atoms with van der Waals surface area (Å²) in [7, 11) is 0. The number of hydrogen-bond acceptors (Lipinski definition) is 1. The largest absolute Gasteiger partial charge is 0.295 e. The number of allylic oxidation sites excluding steroid dienone is 4. The molecule has 1 rings (SSSR count). The molecule has 0 spiro atoms. The van der Waals surface area contributed by atoms with Crippen LogP contribution in [0.4, 0.5) is 0 Å². The Labute approximate surface area is 80.5 Å². The lowest BCUT2D eigenvalue weighted by Gasteiger charge is -1.99. The summed E-state index contributed by atoms with van der Waals surface area (Å²) in [6.45, 7) is 0. The van der Waals surface area contributed by atoms with Gasteiger partial charge in [0.05, 0.1) is 0 Å². The molecule has 0 saturated carbocycles. The zero-order valence-electron chi connectivity index (χ0n) is 8.17. The maximum atomic E-state index is 11.2. The molecule has 0 atom stereocenters. The van der Waals surface area contributed by atoms with Crippen molar-refractivity contribution < 1.29 is 4.79 Å². The molecule has 13 heavy (non-hydrogen) atoms. The van der Waals surface area contributed by atoms with Gasteiger partial charge in [0.2, 0.25) is 0 Å². The molecule has 1 aliphatic carbocycles. The molecule has 0 saturated heterocycles. The summed E-state index contributed by atoms with van der Waals surface area (Å²) in [6.07, 6.45) is 15.7. The van der Waals surface area contributed by atoms with Gasteiger partial charge in [-0.05, 0) is 25.3 Å². The molecule has 1 nitrogen and oxygen atoms in total. The van der Waals surface area contributed by atoms with Crippen LogP contribution < -0.4 is 0 Å². The minimum Gasteiger partial charge on any atom is -0.295 e. The first kappa shape index (κ1) is 10.2. The van der Waals surface area contributed by atoms with Crippen LogP contribution in [0.5, 0.6) is 0 Å². The van der Waals surface area contributed by atoms with Crippen LogP contribution >= 0.6 is 0 Å². The first-order valence-electron chi connectivity index (χ1n) is 5.25. The van der Waals surface area contributed by atoms with E-state index in [1.165, 1.54) is 25.7 Å². The lowest BCUT2D eigenvalue weighted by molar-refractivity contribution is -0.114. The Hall–Kier alpha value is -0.850. The summed E-state index contributed by atoms with van der Waals surface area (Å²) < 4.78 is 0. The highest BCUT2D eigenvalue weighted by Gasteiger charge is 1.96. The number of carbonyl (C=O) groups is 1. The highest BCUT2D eigenvalue weighted by atomic mass is 16.1. The Kier molecular flexibility index (Phi) is 5.23. The van der Waals surface area contributed by atoms with Gasteiger partial charge in [-0.25, -0.2) is 0 Å². The van der Waals surface area contributed by atoms with E-state index in [0.29, 0.717) is 0 Å². The van der Waals surface area contributed by atoms with Crippen molar-refractivity contribution in [1.82, 2.24) is 0 Å². The molecule has 0 fully saturated rings. The number of ketones is 1. The molecule has 72 valence electrons. The normalized spacial score (nSPS) is 25.7. The number of carbonyl (C=O) groups excluding carboxylic acids is 1. The Morgan fingerprint density at radius 1 is 0.923 bits per heavy atom. The number of rotatable bonds is 0. The van der Waals surface area contributed by atoms with Crippen LogP contribution in [0.1, 0.15) is 44.9 Å². The van der Waals surface area contributed by atoms with Gasteiger partial charge in [0.15, 0.2) is 5.78 Å². The molecule has 0 N–H and O–H groups in total. The van der Waals surface area contributed by atoms with E-state index < -0.39 is 0 Å². The fourth-order valence-corrected chi connectivity index (χ4v) is 1.51. The fourth-order valence-electron chi connectivity index (χ4n) is 1.51. The molecule has 0 unspecified atom stereocenters. The van der Waals surface area contributed by atoms with Crippen LogP contribution in [0.15, 0.2) is 24.3 Å². The molecule has 0 bridgehead atoms. The molecule has 1 aliphatic rings. The van der Waals surface area contributed by atoms with Crippen LogP contribution in [0.3, 0.4) is 0 Å². The highest BCUT2D eigenvalue weighted by molar-refractivity contribution is 5.89. The molecule has 0 aromatic rings. The third-order valence-electron chi connectivity index (χ3n) is 2.32. The van der Waals surface area contributed by atoms with Gasteiger partial charge >= 0.3 is 0 Å². The molecular weight excluding hydrogens is 160 g/mol. The summed E-state index contributed by atoms with van der Waals surface area (Å²) in [5.74, 6) is 0.269. The zero-order chi connectivity index (χ0) is 9.36. The SMILES string of the molecule is O=C1/C=C/C=C/CCCCCCC1. The maximum Gasteiger partial charge on any atom is 0.155 e. The summed E-state index contributed by atoms with van der Waals surface area (Å²) in [4.78, 5) is 11.2. The maximum absolute atomic E-state index is 11.2. The molecule has 0 aliphatic heterocycles. The first-order valence-corrected chi connectivity index (χ1v) is 5.25. The van der Waals surface area contributed by atoms with Crippen LogP contribution in [-0.2, 0) is 4.79 Å². The quantitative estimate of drug-likeness (QED) is 0.555. The summed E-state index contributed by atoms with van der Waals surface area (Å²) in [5.41, 5.74) is 0. The topological polar surface area (TPSA) is 17.1 Å². The van der Waals surface area contributed by atoms with Crippen molar-refractivity contribution in [3.63, 3.8) is 0 Å². The van der Waals surface area contributed by atoms with Crippen LogP contribution in [0, 0.1) is 0 Å². The van der Waals surface area contributed by atoms with E-state index >= 15 is 0 Å². The zero-order valence-corrected chi connectivity index (χ0v) is 8.17. The summed E-state index contributed by atoms with van der Waals surface area (Å²) in [6, 6.07) is 0. The van der Waals surface area contributed by atoms with Crippen molar-refractivity contribution in [2.75, 3.05) is 0 Å². The number of hydrogen-bond donors (Lipinski definition) is 0. The molecule has 0 aromatic carbocycles. The van der Waals surface area contributed by atoms with Crippen molar-refractivity contribution in [3.05, 3.63) is 24.3 Å². The molecule has 0 amide bonds. The summed E-state index contributed by atoms with van der Waals surface area (Å²) in [5, 5.41) is 0. The van der Waals surface area contributed by atoms with Crippen molar-refractivity contribution in [2.45, 2.75) is 44.9 Å². The van der Waals surface area contributed by atoms with E-state index in [1.54, 1.807) is 6.08 Å². The summed E-state index contributed by atoms with van der Waals surface area (Å²) >= 11 is 0. The Bertz CT molecular complexity index is 201. The van der Waals surface area contributed by atoms with Crippen molar-refractivity contribution in [1.29, 1.82) is 0 Å². The van der Waals surface area contributed by atoms with Crippen LogP contribution in [0.25, 0.3) is 0 Å². The van der Waals surface area contributed by atoms with Crippen molar-refractivity contribution in [2.24, 2.45) is 0 Å². The third-order valence-corrected chi connectivity index (χ3v) is 2.32. The monoisotopic (exact) mass is 178 g/mol. The van der Waals surface area contributed by atoms with Gasteiger partial charge in [0.1, 0.15) is 0 Å². The van der Waals surface area contributed by atoms with Gasteiger partial charge in [-0.15, -0.1) is 0 Å². The van der Waals surface area contributed by atoms with E-state index in [1.807, 2.05) is 12.2 Å². The minimum atomic E-state index is 0.269. The van der Waals surface area contributed by atoms with Gasteiger partial charge in [-0.2, -0.15) is 0 Å². The second-order valence-corrected chi connectivity index (χ2v) is 3.56. The third kappa shape index (κ3) is 5.40. The molecule has 0 radical (unpaired) electrons. The van der Waals surface area contributed by atoms with Crippen molar-refractivity contribution in [3.8, 4) is 0 Å². The molecule has 0 heterocycles. The second-order valence-electron chi connectivity index (χ2n) is 3.56. The van der Waals surface area contributed by atoms with Gasteiger partial charge in [-0.1, -0.05) is 37.5 Å². The standard InChI is InChI=1S/C12H18O/c13-12-10-8-6-4-2-1-3-5-7-9-11-12/h4,6,8,10H,1-3,5,7,9,11H2/b6-4+,10-8+. The van der Waals surface area contributed by atoms with E-state index in [-0.39, 0.29) is 5.78 Å². The predicted molar refractivity (Wildman–Crippen MR) is 55.6 cm³/mol. The smallest absolute Gasteiger partial charge is 0.155 e. The lowest BCUT2D eigenvalue weighted by Crippen LogP contribution is -1.92. The lowest BCUT2D eigenvalue weighted by atomic mass is 10.1. The Morgan fingerprint density at radius 2 is 1.69 bits per heavy atom. The van der Waals surface area contributed by atoms with Crippen LogP contribution in [0.2, 0.25) is 0 Å². The predicted octanol–water partition coefficient (Wildman–Crippen LogP) is 3.41. The van der Waals surface area contributed by atoms with Crippen LogP contribution in [-0.4, -0.2) is 5.78 Å². The second kappa shape index (κ2) is 6.64. The highest BCUT2D eigenvalue weighted by Crippen LogP contribution is 2.09. The average Bonchev–Trinajstić information content (AvgIpc) is 2.11. The van der Waals surface area contributed by atoms with Gasteiger partial charge in [0, 0.05) is 6.42 Å². The van der Waals surface area contributed by atoms with Gasteiger partial charge < -0.3 is 0 Å². The van der Waals surface area contributed by atoms with E-state index in [2.05, 4.69) is 6.08 Å². The Balaban J connectivity index is 2.37. The molecule has 1 heteroatoms. The molecular formula is C12H18O. The fraction of sp³-hybridized carbons (Fsp3) is 0.583. The van der Waals surface area contributed by atoms with E-state index in [4.69, 9.17) is 0 Å². The first-order chi connectivity index (χ1) is 6.39. The molecule has 0 aromatic heterocycles.